The monoisotopic (exact) mass is 398 g/mol. The highest BCUT2D eigenvalue weighted by Crippen LogP contribution is 2.19. The molecule has 140 valence electrons. The molecule has 2 rings (SSSR count). The number of anilines is 1. The summed E-state index contributed by atoms with van der Waals surface area (Å²) >= 11 is 0. The van der Waals surface area contributed by atoms with Gasteiger partial charge in [-0.25, -0.2) is 26.4 Å². The molecule has 0 saturated heterocycles. The van der Waals surface area contributed by atoms with Crippen LogP contribution in [-0.4, -0.2) is 34.0 Å². The number of nitrogens with one attached hydrogen (secondary N) is 2. The lowest BCUT2D eigenvalue weighted by Crippen LogP contribution is -2.30. The SMILES string of the molecule is CC(C)NS(=O)(=O)c1ccc(NS(=O)(=O)c2ccc(C(=O)O)cc2)cc1. The Morgan fingerprint density at radius 1 is 0.846 bits per heavy atom. The van der Waals surface area contributed by atoms with Gasteiger partial charge in [0.2, 0.25) is 10.0 Å². The topological polar surface area (TPSA) is 130 Å². The molecule has 26 heavy (non-hydrogen) atoms. The number of hydrogen-bond acceptors (Lipinski definition) is 5. The average Bonchev–Trinajstić information content (AvgIpc) is 2.54. The van der Waals surface area contributed by atoms with Crippen molar-refractivity contribution in [3.05, 3.63) is 54.1 Å². The molecule has 0 aliphatic rings. The molecule has 0 saturated carbocycles. The number of hydrogen-bond donors (Lipinski definition) is 3. The van der Waals surface area contributed by atoms with E-state index in [9.17, 15) is 21.6 Å². The van der Waals surface area contributed by atoms with Gasteiger partial charge >= 0.3 is 5.97 Å². The molecular weight excluding hydrogens is 380 g/mol. The Kier molecular flexibility index (Phi) is 5.69. The van der Waals surface area contributed by atoms with E-state index in [4.69, 9.17) is 5.11 Å². The molecule has 0 amide bonds. The Labute approximate surface area is 152 Å². The Morgan fingerprint density at radius 3 is 1.77 bits per heavy atom. The van der Waals surface area contributed by atoms with Crippen LogP contribution in [0.2, 0.25) is 0 Å². The van der Waals surface area contributed by atoms with Gasteiger partial charge in [-0.15, -0.1) is 0 Å². The van der Waals surface area contributed by atoms with Gasteiger partial charge < -0.3 is 5.11 Å². The number of benzene rings is 2. The Hall–Kier alpha value is -2.43. The third kappa shape index (κ3) is 4.81. The fourth-order valence-corrected chi connectivity index (χ4v) is 4.38. The van der Waals surface area contributed by atoms with Gasteiger partial charge in [-0.2, -0.15) is 0 Å². The van der Waals surface area contributed by atoms with E-state index < -0.39 is 26.0 Å². The lowest BCUT2D eigenvalue weighted by Gasteiger charge is -2.11. The summed E-state index contributed by atoms with van der Waals surface area (Å²) in [7, 11) is -7.60. The van der Waals surface area contributed by atoms with Gasteiger partial charge in [-0.1, -0.05) is 0 Å². The molecule has 0 unspecified atom stereocenters. The second-order valence-corrected chi connectivity index (χ2v) is 9.13. The molecule has 8 nitrogen and oxygen atoms in total. The first kappa shape index (κ1) is 19.9. The van der Waals surface area contributed by atoms with Crippen LogP contribution in [0.3, 0.4) is 0 Å². The number of carboxylic acids is 1. The van der Waals surface area contributed by atoms with Crippen LogP contribution < -0.4 is 9.44 Å². The second-order valence-electron chi connectivity index (χ2n) is 5.74. The largest absolute Gasteiger partial charge is 0.478 e. The molecule has 3 N–H and O–H groups in total. The molecule has 0 atom stereocenters. The fourth-order valence-electron chi connectivity index (χ4n) is 2.07. The molecule has 0 aliphatic carbocycles. The summed E-state index contributed by atoms with van der Waals surface area (Å²) in [5, 5.41) is 8.84. The molecular formula is C16H18N2O6S2. The van der Waals surface area contributed by atoms with Crippen LogP contribution >= 0.6 is 0 Å². The molecule has 0 heterocycles. The number of sulfonamides is 2. The van der Waals surface area contributed by atoms with E-state index in [1.165, 1.54) is 48.5 Å². The molecule has 2 aromatic carbocycles. The van der Waals surface area contributed by atoms with E-state index in [2.05, 4.69) is 9.44 Å². The summed E-state index contributed by atoms with van der Waals surface area (Å²) in [6.07, 6.45) is 0. The zero-order valence-corrected chi connectivity index (χ0v) is 15.6. The minimum atomic E-state index is -3.93. The summed E-state index contributed by atoms with van der Waals surface area (Å²) in [5.74, 6) is -1.16. The van der Waals surface area contributed by atoms with Gasteiger partial charge in [0.15, 0.2) is 0 Å². The van der Waals surface area contributed by atoms with E-state index in [0.29, 0.717) is 0 Å². The summed E-state index contributed by atoms with van der Waals surface area (Å²) < 4.78 is 53.5. The van der Waals surface area contributed by atoms with Crippen molar-refractivity contribution in [2.45, 2.75) is 29.7 Å². The van der Waals surface area contributed by atoms with E-state index in [1.54, 1.807) is 13.8 Å². The van der Waals surface area contributed by atoms with Crippen LogP contribution in [0.25, 0.3) is 0 Å². The highest BCUT2D eigenvalue weighted by molar-refractivity contribution is 7.92. The van der Waals surface area contributed by atoms with Crippen molar-refractivity contribution in [1.29, 1.82) is 0 Å². The summed E-state index contributed by atoms with van der Waals surface area (Å²) in [5.41, 5.74) is 0.145. The molecule has 0 aromatic heterocycles. The highest BCUT2D eigenvalue weighted by Gasteiger charge is 2.17. The Balaban J connectivity index is 2.21. The zero-order valence-electron chi connectivity index (χ0n) is 14.0. The van der Waals surface area contributed by atoms with Crippen LogP contribution in [0.4, 0.5) is 5.69 Å². The molecule has 0 spiro atoms. The minimum Gasteiger partial charge on any atom is -0.478 e. The first-order valence-electron chi connectivity index (χ1n) is 7.50. The first-order chi connectivity index (χ1) is 12.0. The Bertz CT molecular complexity index is 996. The lowest BCUT2D eigenvalue weighted by atomic mass is 10.2. The van der Waals surface area contributed by atoms with Crippen molar-refractivity contribution in [2.24, 2.45) is 0 Å². The minimum absolute atomic E-state index is 0.0139. The Morgan fingerprint density at radius 2 is 1.31 bits per heavy atom. The van der Waals surface area contributed by atoms with E-state index in [-0.39, 0.29) is 27.1 Å². The molecule has 0 bridgehead atoms. The van der Waals surface area contributed by atoms with E-state index in [1.807, 2.05) is 0 Å². The number of rotatable bonds is 7. The quantitative estimate of drug-likeness (QED) is 0.653. The number of carbonyl (C=O) groups is 1. The fraction of sp³-hybridized carbons (Fsp3) is 0.188. The first-order valence-corrected chi connectivity index (χ1v) is 10.5. The van der Waals surface area contributed by atoms with Gasteiger partial charge in [0.25, 0.3) is 10.0 Å². The molecule has 0 radical (unpaired) electrons. The molecule has 0 aliphatic heterocycles. The summed E-state index contributed by atoms with van der Waals surface area (Å²) in [6.45, 7) is 3.38. The summed E-state index contributed by atoms with van der Waals surface area (Å²) in [4.78, 5) is 10.7. The van der Waals surface area contributed by atoms with Crippen LogP contribution in [0.15, 0.2) is 58.3 Å². The molecule has 10 heteroatoms. The maximum absolute atomic E-state index is 12.3. The van der Waals surface area contributed by atoms with Crippen LogP contribution in [0, 0.1) is 0 Å². The van der Waals surface area contributed by atoms with Crippen molar-refractivity contribution in [2.75, 3.05) is 4.72 Å². The lowest BCUT2D eigenvalue weighted by molar-refractivity contribution is 0.0696. The average molecular weight is 398 g/mol. The second kappa shape index (κ2) is 7.44. The smallest absolute Gasteiger partial charge is 0.335 e. The predicted octanol–water partition coefficient (Wildman–Crippen LogP) is 1.87. The van der Waals surface area contributed by atoms with Gasteiger partial charge in [-0.05, 0) is 62.4 Å². The molecule has 2 aromatic rings. The van der Waals surface area contributed by atoms with Gasteiger partial charge in [0, 0.05) is 11.7 Å². The highest BCUT2D eigenvalue weighted by atomic mass is 32.2. The number of carboxylic acid groups (broad SMARTS) is 1. The number of aromatic carboxylic acids is 1. The van der Waals surface area contributed by atoms with Crippen LogP contribution in [-0.2, 0) is 20.0 Å². The van der Waals surface area contributed by atoms with Gasteiger partial charge in [0.1, 0.15) is 0 Å². The van der Waals surface area contributed by atoms with Crippen molar-refractivity contribution in [1.82, 2.24) is 4.72 Å². The predicted molar refractivity (Wildman–Crippen MR) is 96.1 cm³/mol. The maximum Gasteiger partial charge on any atom is 0.335 e. The van der Waals surface area contributed by atoms with Crippen LogP contribution in [0.5, 0.6) is 0 Å². The normalized spacial score (nSPS) is 12.1. The third-order valence-electron chi connectivity index (χ3n) is 3.22. The van der Waals surface area contributed by atoms with Crippen molar-refractivity contribution < 1.29 is 26.7 Å². The van der Waals surface area contributed by atoms with Crippen LogP contribution in [0.1, 0.15) is 24.2 Å². The van der Waals surface area contributed by atoms with Gasteiger partial charge in [-0.3, -0.25) is 4.72 Å². The summed E-state index contributed by atoms with van der Waals surface area (Å²) in [6, 6.07) is 9.69. The standard InChI is InChI=1S/C16H18N2O6S2/c1-11(2)17-25(21,22)15-9-5-13(6-10-15)18-26(23,24)14-7-3-12(4-8-14)16(19)20/h3-11,17-18H,1-2H3,(H,19,20). The van der Waals surface area contributed by atoms with E-state index in [0.717, 1.165) is 0 Å². The maximum atomic E-state index is 12.3. The van der Waals surface area contributed by atoms with Crippen molar-refractivity contribution in [3.63, 3.8) is 0 Å². The van der Waals surface area contributed by atoms with Gasteiger partial charge in [0.05, 0.1) is 15.4 Å². The molecule has 0 fully saturated rings. The van der Waals surface area contributed by atoms with E-state index >= 15 is 0 Å². The third-order valence-corrected chi connectivity index (χ3v) is 6.29. The van der Waals surface area contributed by atoms with Crippen molar-refractivity contribution in [3.8, 4) is 0 Å². The van der Waals surface area contributed by atoms with Crippen molar-refractivity contribution >= 4 is 31.7 Å². The zero-order chi connectivity index (χ0) is 19.5.